The second-order valence-corrected chi connectivity index (χ2v) is 4.50. The van der Waals surface area contributed by atoms with Crippen molar-refractivity contribution in [3.63, 3.8) is 0 Å². The van der Waals surface area contributed by atoms with E-state index >= 15 is 0 Å². The van der Waals surface area contributed by atoms with E-state index in [-0.39, 0.29) is 6.10 Å². The zero-order valence-electron chi connectivity index (χ0n) is 9.58. The molecule has 0 bridgehead atoms. The predicted octanol–water partition coefficient (Wildman–Crippen LogP) is 2.13. The highest BCUT2D eigenvalue weighted by molar-refractivity contribution is 4.56. The molecule has 0 aromatic heterocycles. The second kappa shape index (κ2) is 7.34. The molecule has 0 rings (SSSR count). The summed E-state index contributed by atoms with van der Waals surface area (Å²) in [7, 11) is 2.17. The van der Waals surface area contributed by atoms with Crippen LogP contribution in [-0.2, 0) is 0 Å². The maximum absolute atomic E-state index is 9.05. The molecule has 0 heterocycles. The largest absolute Gasteiger partial charge is 0.393 e. The molecule has 0 aromatic carbocycles. The third-order valence-corrected chi connectivity index (χ3v) is 2.09. The molecule has 1 unspecified atom stereocenters. The Morgan fingerprint density at radius 3 is 2.23 bits per heavy atom. The van der Waals surface area contributed by atoms with Gasteiger partial charge in [0.25, 0.3) is 0 Å². The summed E-state index contributed by atoms with van der Waals surface area (Å²) in [6.07, 6.45) is 3.15. The second-order valence-electron chi connectivity index (χ2n) is 4.50. The van der Waals surface area contributed by atoms with Crippen LogP contribution in [0.25, 0.3) is 0 Å². The molecule has 0 aliphatic heterocycles. The topological polar surface area (TPSA) is 23.5 Å². The van der Waals surface area contributed by atoms with E-state index in [9.17, 15) is 0 Å². The van der Waals surface area contributed by atoms with Crippen LogP contribution in [0.4, 0.5) is 0 Å². The SMILES string of the molecule is CC(C)CN(C)CCCCC(C)O. The van der Waals surface area contributed by atoms with Gasteiger partial charge in [0.05, 0.1) is 6.10 Å². The van der Waals surface area contributed by atoms with Gasteiger partial charge in [-0.05, 0) is 45.7 Å². The fourth-order valence-corrected chi connectivity index (χ4v) is 1.54. The molecule has 0 amide bonds. The van der Waals surface area contributed by atoms with Crippen LogP contribution in [0.2, 0.25) is 0 Å². The smallest absolute Gasteiger partial charge is 0.0512 e. The minimum atomic E-state index is -0.129. The highest BCUT2D eigenvalue weighted by Crippen LogP contribution is 2.02. The Morgan fingerprint density at radius 1 is 1.15 bits per heavy atom. The maximum atomic E-state index is 9.05. The molecule has 0 fully saturated rings. The van der Waals surface area contributed by atoms with Crippen molar-refractivity contribution in [3.05, 3.63) is 0 Å². The molecular formula is C11H25NO. The van der Waals surface area contributed by atoms with Crippen LogP contribution < -0.4 is 0 Å². The minimum absolute atomic E-state index is 0.129. The number of hydrogen-bond donors (Lipinski definition) is 1. The molecule has 80 valence electrons. The quantitative estimate of drug-likeness (QED) is 0.617. The van der Waals surface area contributed by atoms with Gasteiger partial charge in [0, 0.05) is 6.54 Å². The number of rotatable bonds is 7. The fraction of sp³-hybridized carbons (Fsp3) is 1.00. The fourth-order valence-electron chi connectivity index (χ4n) is 1.54. The van der Waals surface area contributed by atoms with Crippen LogP contribution in [-0.4, -0.2) is 36.2 Å². The Bertz CT molecular complexity index is 113. The van der Waals surface area contributed by atoms with Gasteiger partial charge in [-0.2, -0.15) is 0 Å². The zero-order valence-corrected chi connectivity index (χ0v) is 9.58. The molecule has 1 N–H and O–H groups in total. The third-order valence-electron chi connectivity index (χ3n) is 2.09. The van der Waals surface area contributed by atoms with E-state index in [1.165, 1.54) is 13.0 Å². The summed E-state index contributed by atoms with van der Waals surface area (Å²) in [5.41, 5.74) is 0. The standard InChI is InChI=1S/C11H25NO/c1-10(2)9-12(4)8-6-5-7-11(3)13/h10-11,13H,5-9H2,1-4H3. The number of hydrogen-bond acceptors (Lipinski definition) is 2. The summed E-state index contributed by atoms with van der Waals surface area (Å²) in [6.45, 7) is 8.68. The highest BCUT2D eigenvalue weighted by Gasteiger charge is 2.01. The lowest BCUT2D eigenvalue weighted by Crippen LogP contribution is -2.24. The summed E-state index contributed by atoms with van der Waals surface area (Å²) in [5, 5.41) is 9.05. The first-order valence-corrected chi connectivity index (χ1v) is 5.39. The van der Waals surface area contributed by atoms with Gasteiger partial charge in [0.15, 0.2) is 0 Å². The van der Waals surface area contributed by atoms with Crippen LogP contribution >= 0.6 is 0 Å². The van der Waals surface area contributed by atoms with Crippen molar-refractivity contribution in [1.29, 1.82) is 0 Å². The normalized spacial score (nSPS) is 14.1. The van der Waals surface area contributed by atoms with E-state index in [4.69, 9.17) is 5.11 Å². The van der Waals surface area contributed by atoms with Gasteiger partial charge in [-0.25, -0.2) is 0 Å². The number of aliphatic hydroxyl groups is 1. The van der Waals surface area contributed by atoms with Gasteiger partial charge >= 0.3 is 0 Å². The third kappa shape index (κ3) is 9.84. The van der Waals surface area contributed by atoms with Crippen molar-refractivity contribution < 1.29 is 5.11 Å². The van der Waals surface area contributed by atoms with Crippen molar-refractivity contribution in [2.75, 3.05) is 20.1 Å². The molecule has 0 radical (unpaired) electrons. The monoisotopic (exact) mass is 187 g/mol. The minimum Gasteiger partial charge on any atom is -0.393 e. The molecule has 0 aliphatic carbocycles. The van der Waals surface area contributed by atoms with Crippen molar-refractivity contribution in [2.24, 2.45) is 5.92 Å². The molecular weight excluding hydrogens is 162 g/mol. The van der Waals surface area contributed by atoms with Crippen LogP contribution in [0.15, 0.2) is 0 Å². The zero-order chi connectivity index (χ0) is 10.3. The van der Waals surface area contributed by atoms with Crippen LogP contribution in [0.3, 0.4) is 0 Å². The van der Waals surface area contributed by atoms with Crippen molar-refractivity contribution in [3.8, 4) is 0 Å². The highest BCUT2D eigenvalue weighted by atomic mass is 16.3. The van der Waals surface area contributed by atoms with Crippen LogP contribution in [0, 0.1) is 5.92 Å². The van der Waals surface area contributed by atoms with E-state index in [0.717, 1.165) is 25.3 Å². The lowest BCUT2D eigenvalue weighted by atomic mass is 10.1. The average Bonchev–Trinajstić information content (AvgIpc) is 1.96. The number of unbranched alkanes of at least 4 members (excludes halogenated alkanes) is 1. The van der Waals surface area contributed by atoms with Gasteiger partial charge < -0.3 is 10.0 Å². The molecule has 0 aliphatic rings. The lowest BCUT2D eigenvalue weighted by molar-refractivity contribution is 0.177. The average molecular weight is 187 g/mol. The summed E-state index contributed by atoms with van der Waals surface area (Å²) < 4.78 is 0. The summed E-state index contributed by atoms with van der Waals surface area (Å²) in [6, 6.07) is 0. The first-order chi connectivity index (χ1) is 6.02. The van der Waals surface area contributed by atoms with Gasteiger partial charge in [0.2, 0.25) is 0 Å². The Morgan fingerprint density at radius 2 is 1.77 bits per heavy atom. The predicted molar refractivity (Wildman–Crippen MR) is 57.9 cm³/mol. The Labute approximate surface area is 82.9 Å². The van der Waals surface area contributed by atoms with Gasteiger partial charge in [-0.15, -0.1) is 0 Å². The van der Waals surface area contributed by atoms with E-state index in [0.29, 0.717) is 0 Å². The number of nitrogens with zero attached hydrogens (tertiary/aromatic N) is 1. The maximum Gasteiger partial charge on any atom is 0.0512 e. The summed E-state index contributed by atoms with van der Waals surface area (Å²) >= 11 is 0. The van der Waals surface area contributed by atoms with Crippen molar-refractivity contribution >= 4 is 0 Å². The molecule has 2 nitrogen and oxygen atoms in total. The van der Waals surface area contributed by atoms with Crippen LogP contribution in [0.5, 0.6) is 0 Å². The van der Waals surface area contributed by atoms with E-state index in [1.807, 2.05) is 6.92 Å². The molecule has 0 saturated heterocycles. The Kier molecular flexibility index (Phi) is 7.29. The summed E-state index contributed by atoms with van der Waals surface area (Å²) in [4.78, 5) is 2.37. The lowest BCUT2D eigenvalue weighted by Gasteiger charge is -2.18. The van der Waals surface area contributed by atoms with Crippen molar-refractivity contribution in [1.82, 2.24) is 4.90 Å². The van der Waals surface area contributed by atoms with Gasteiger partial charge in [0.1, 0.15) is 0 Å². The van der Waals surface area contributed by atoms with Crippen molar-refractivity contribution in [2.45, 2.75) is 46.1 Å². The molecule has 13 heavy (non-hydrogen) atoms. The van der Waals surface area contributed by atoms with Crippen LogP contribution in [0.1, 0.15) is 40.0 Å². The number of aliphatic hydroxyl groups excluding tert-OH is 1. The van der Waals surface area contributed by atoms with E-state index in [2.05, 4.69) is 25.8 Å². The van der Waals surface area contributed by atoms with E-state index < -0.39 is 0 Å². The molecule has 1 atom stereocenters. The molecule has 0 saturated carbocycles. The molecule has 0 aromatic rings. The van der Waals surface area contributed by atoms with E-state index in [1.54, 1.807) is 0 Å². The molecule has 2 heteroatoms. The first kappa shape index (κ1) is 12.9. The van der Waals surface area contributed by atoms with Gasteiger partial charge in [-0.1, -0.05) is 13.8 Å². The summed E-state index contributed by atoms with van der Waals surface area (Å²) in [5.74, 6) is 0.752. The van der Waals surface area contributed by atoms with Gasteiger partial charge in [-0.3, -0.25) is 0 Å². The Balaban J connectivity index is 3.22. The first-order valence-electron chi connectivity index (χ1n) is 5.39. The Hall–Kier alpha value is -0.0800. The molecule has 0 spiro atoms.